The number of nitrogens with zero attached hydrogens (tertiary/aromatic N) is 2. The van der Waals surface area contributed by atoms with Crippen LogP contribution in [0.4, 0.5) is 4.79 Å². The summed E-state index contributed by atoms with van der Waals surface area (Å²) in [5.41, 5.74) is 1.16. The first-order chi connectivity index (χ1) is 13.5. The molecule has 0 atom stereocenters. The summed E-state index contributed by atoms with van der Waals surface area (Å²) in [5, 5.41) is 4.57. The van der Waals surface area contributed by atoms with Gasteiger partial charge in [-0.15, -0.1) is 17.9 Å². The van der Waals surface area contributed by atoms with Crippen molar-refractivity contribution in [1.29, 1.82) is 0 Å². The van der Waals surface area contributed by atoms with Gasteiger partial charge in [0.2, 0.25) is 5.91 Å². The van der Waals surface area contributed by atoms with Crippen LogP contribution < -0.4 is 20.9 Å². The Balaban J connectivity index is 1.81. The maximum absolute atomic E-state index is 12.7. The molecular formula is C19H18N4O4S. The van der Waals surface area contributed by atoms with Gasteiger partial charge in [-0.05, 0) is 35.9 Å². The molecule has 0 unspecified atom stereocenters. The zero-order valence-electron chi connectivity index (χ0n) is 15.1. The number of nitrogens with one attached hydrogen (secondary N) is 2. The van der Waals surface area contributed by atoms with Gasteiger partial charge >= 0.3 is 6.03 Å². The lowest BCUT2D eigenvalue weighted by atomic mass is 10.2. The van der Waals surface area contributed by atoms with Crippen LogP contribution in [-0.2, 0) is 11.3 Å². The lowest BCUT2D eigenvalue weighted by Gasteiger charge is -2.06. The molecule has 2 heterocycles. The molecule has 0 fully saturated rings. The highest BCUT2D eigenvalue weighted by atomic mass is 32.1. The highest BCUT2D eigenvalue weighted by Crippen LogP contribution is 2.31. The second-order valence-electron chi connectivity index (χ2n) is 5.78. The number of ether oxygens (including phenoxy) is 1. The van der Waals surface area contributed by atoms with E-state index in [2.05, 4.69) is 22.2 Å². The third-order valence-electron chi connectivity index (χ3n) is 3.85. The summed E-state index contributed by atoms with van der Waals surface area (Å²) in [4.78, 5) is 41.3. The molecule has 2 aromatic heterocycles. The van der Waals surface area contributed by atoms with Crippen molar-refractivity contribution in [3.8, 4) is 16.2 Å². The van der Waals surface area contributed by atoms with Gasteiger partial charge in [-0.2, -0.15) is 0 Å². The van der Waals surface area contributed by atoms with E-state index in [0.717, 1.165) is 16.2 Å². The summed E-state index contributed by atoms with van der Waals surface area (Å²) in [6, 6.07) is 8.66. The number of amides is 3. The van der Waals surface area contributed by atoms with E-state index >= 15 is 0 Å². The Morgan fingerprint density at radius 3 is 2.75 bits per heavy atom. The molecule has 0 bridgehead atoms. The van der Waals surface area contributed by atoms with Crippen LogP contribution in [0.3, 0.4) is 0 Å². The van der Waals surface area contributed by atoms with Crippen molar-refractivity contribution < 1.29 is 14.3 Å². The molecule has 3 rings (SSSR count). The van der Waals surface area contributed by atoms with Crippen molar-refractivity contribution in [1.82, 2.24) is 20.2 Å². The monoisotopic (exact) mass is 398 g/mol. The van der Waals surface area contributed by atoms with Gasteiger partial charge in [0.1, 0.15) is 17.0 Å². The van der Waals surface area contributed by atoms with Gasteiger partial charge in [0.05, 0.1) is 19.0 Å². The fourth-order valence-electron chi connectivity index (χ4n) is 2.49. The number of rotatable bonds is 6. The molecule has 28 heavy (non-hydrogen) atoms. The Morgan fingerprint density at radius 1 is 1.32 bits per heavy atom. The van der Waals surface area contributed by atoms with Crippen LogP contribution in [0.5, 0.6) is 5.75 Å². The number of benzene rings is 1. The number of methoxy groups -OCH3 is 1. The Labute approximate surface area is 164 Å². The van der Waals surface area contributed by atoms with Crippen LogP contribution in [0.1, 0.15) is 0 Å². The highest BCUT2D eigenvalue weighted by Gasteiger charge is 2.13. The average Bonchev–Trinajstić information content (AvgIpc) is 3.14. The molecule has 0 aliphatic rings. The van der Waals surface area contributed by atoms with Gasteiger partial charge in [0, 0.05) is 11.4 Å². The minimum Gasteiger partial charge on any atom is -0.497 e. The molecule has 1 aromatic carbocycles. The summed E-state index contributed by atoms with van der Waals surface area (Å²) in [6.45, 7) is 3.39. The smallest absolute Gasteiger partial charge is 0.321 e. The van der Waals surface area contributed by atoms with Crippen LogP contribution in [0.15, 0.2) is 54.1 Å². The lowest BCUT2D eigenvalue weighted by molar-refractivity contribution is -0.120. The van der Waals surface area contributed by atoms with Gasteiger partial charge in [0.25, 0.3) is 5.56 Å². The van der Waals surface area contributed by atoms with Crippen molar-refractivity contribution in [3.63, 3.8) is 0 Å². The van der Waals surface area contributed by atoms with Gasteiger partial charge in [-0.1, -0.05) is 6.08 Å². The molecule has 2 N–H and O–H groups in total. The van der Waals surface area contributed by atoms with Crippen molar-refractivity contribution in [3.05, 3.63) is 59.7 Å². The van der Waals surface area contributed by atoms with Crippen molar-refractivity contribution in [2.24, 2.45) is 0 Å². The third-order valence-corrected chi connectivity index (χ3v) is 5.01. The normalized spacial score (nSPS) is 10.5. The van der Waals surface area contributed by atoms with E-state index in [9.17, 15) is 14.4 Å². The van der Waals surface area contributed by atoms with E-state index in [1.807, 2.05) is 30.3 Å². The van der Waals surface area contributed by atoms with Crippen molar-refractivity contribution in [2.45, 2.75) is 6.54 Å². The Hall–Kier alpha value is -3.46. The van der Waals surface area contributed by atoms with Gasteiger partial charge < -0.3 is 10.1 Å². The number of aromatic nitrogens is 2. The first-order valence-corrected chi connectivity index (χ1v) is 9.15. The lowest BCUT2D eigenvalue weighted by Crippen LogP contribution is -2.42. The van der Waals surface area contributed by atoms with E-state index in [1.165, 1.54) is 28.3 Å². The fourth-order valence-corrected chi connectivity index (χ4v) is 3.55. The van der Waals surface area contributed by atoms with Crippen molar-refractivity contribution in [2.75, 3.05) is 13.7 Å². The third kappa shape index (κ3) is 4.26. The first-order valence-electron chi connectivity index (χ1n) is 8.34. The number of fused-ring (bicyclic) bond motifs is 1. The summed E-state index contributed by atoms with van der Waals surface area (Å²) in [7, 11) is 1.60. The molecule has 3 aromatic rings. The molecule has 0 saturated heterocycles. The van der Waals surface area contributed by atoms with Crippen LogP contribution in [0.25, 0.3) is 20.7 Å². The standard InChI is InChI=1S/C19H18N4O4S/c1-3-8-20-19(26)22-16(24)10-23-11-21-14-9-15(28-17(14)18(23)25)12-4-6-13(27-2)7-5-12/h3-7,9,11H,1,8,10H2,2H3,(H2,20,22,24,26). The molecule has 0 spiro atoms. The molecule has 144 valence electrons. The zero-order chi connectivity index (χ0) is 20.1. The quantitative estimate of drug-likeness (QED) is 0.620. The summed E-state index contributed by atoms with van der Waals surface area (Å²) in [6.07, 6.45) is 2.79. The zero-order valence-corrected chi connectivity index (χ0v) is 15.9. The van der Waals surface area contributed by atoms with E-state index in [-0.39, 0.29) is 18.6 Å². The van der Waals surface area contributed by atoms with Crippen LogP contribution in [0.2, 0.25) is 0 Å². The van der Waals surface area contributed by atoms with Gasteiger partial charge in [-0.3, -0.25) is 19.5 Å². The molecule has 0 saturated carbocycles. The SMILES string of the molecule is C=CCNC(=O)NC(=O)Cn1cnc2cc(-c3ccc(OC)cc3)sc2c1=O. The Morgan fingerprint density at radius 2 is 2.07 bits per heavy atom. The number of hydrogen-bond acceptors (Lipinski definition) is 6. The molecule has 0 radical (unpaired) electrons. The summed E-state index contributed by atoms with van der Waals surface area (Å²) in [5.74, 6) is 0.130. The summed E-state index contributed by atoms with van der Waals surface area (Å²) >= 11 is 1.30. The van der Waals surface area contributed by atoms with Crippen LogP contribution >= 0.6 is 11.3 Å². The molecule has 3 amide bonds. The van der Waals surface area contributed by atoms with Gasteiger partial charge in [-0.25, -0.2) is 9.78 Å². The number of carbonyl (C=O) groups excluding carboxylic acids is 2. The van der Waals surface area contributed by atoms with Crippen LogP contribution in [0, 0.1) is 0 Å². The second kappa shape index (κ2) is 8.49. The van der Waals surface area contributed by atoms with E-state index in [0.29, 0.717) is 10.2 Å². The van der Waals surface area contributed by atoms with Crippen LogP contribution in [-0.4, -0.2) is 35.1 Å². The number of thiophene rings is 1. The van der Waals surface area contributed by atoms with E-state index in [1.54, 1.807) is 7.11 Å². The number of hydrogen-bond donors (Lipinski definition) is 2. The topological polar surface area (TPSA) is 102 Å². The Bertz CT molecular complexity index is 1090. The van der Waals surface area contributed by atoms with Gasteiger partial charge in [0.15, 0.2) is 0 Å². The molecule has 0 aliphatic carbocycles. The predicted molar refractivity (Wildman–Crippen MR) is 108 cm³/mol. The number of carbonyl (C=O) groups is 2. The average molecular weight is 398 g/mol. The molecular weight excluding hydrogens is 380 g/mol. The number of urea groups is 1. The molecule has 0 aliphatic heterocycles. The van der Waals surface area contributed by atoms with E-state index < -0.39 is 11.9 Å². The minimum atomic E-state index is -0.648. The fraction of sp³-hybridized carbons (Fsp3) is 0.158. The molecule has 9 heteroatoms. The van der Waals surface area contributed by atoms with E-state index in [4.69, 9.17) is 4.74 Å². The summed E-state index contributed by atoms with van der Waals surface area (Å²) < 4.78 is 6.77. The first kappa shape index (κ1) is 19.3. The predicted octanol–water partition coefficient (Wildman–Crippen LogP) is 2.15. The molecule has 8 nitrogen and oxygen atoms in total. The Kier molecular flexibility index (Phi) is 5.85. The van der Waals surface area contributed by atoms with Crippen molar-refractivity contribution >= 4 is 33.5 Å². The largest absolute Gasteiger partial charge is 0.497 e. The second-order valence-corrected chi connectivity index (χ2v) is 6.83. The maximum Gasteiger partial charge on any atom is 0.321 e. The minimum absolute atomic E-state index is 0.232. The maximum atomic E-state index is 12.7. The number of imide groups is 1. The highest BCUT2D eigenvalue weighted by molar-refractivity contribution is 7.22.